The van der Waals surface area contributed by atoms with Crippen molar-refractivity contribution in [3.8, 4) is 0 Å². The van der Waals surface area contributed by atoms with Crippen molar-refractivity contribution in [3.63, 3.8) is 0 Å². The van der Waals surface area contributed by atoms with E-state index >= 15 is 0 Å². The van der Waals surface area contributed by atoms with Gasteiger partial charge >= 0.3 is 6.09 Å². The van der Waals surface area contributed by atoms with E-state index in [1.54, 1.807) is 23.4 Å². The van der Waals surface area contributed by atoms with Crippen LogP contribution in [0.15, 0.2) is 18.5 Å². The number of nitrogen functional groups attached to an aromatic ring is 1. The van der Waals surface area contributed by atoms with Gasteiger partial charge in [-0.15, -0.1) is 0 Å². The monoisotopic (exact) mass is 292 g/mol. The Morgan fingerprint density at radius 3 is 2.86 bits per heavy atom. The van der Waals surface area contributed by atoms with E-state index in [1.807, 2.05) is 20.8 Å². The second-order valence-corrected chi connectivity index (χ2v) is 6.29. The molecule has 21 heavy (non-hydrogen) atoms. The van der Waals surface area contributed by atoms with Crippen LogP contribution in [0.4, 0.5) is 16.2 Å². The van der Waals surface area contributed by atoms with Crippen molar-refractivity contribution in [1.82, 2.24) is 10.3 Å². The summed E-state index contributed by atoms with van der Waals surface area (Å²) in [4.78, 5) is 18.3. The standard InChI is InChI=1S/C15H24N4O2/c1-15(2,3)21-14(20)19(11-5-4-7-17-9-11)13-6-8-18-10-12(13)16/h6,8,10-11,17H,4-5,7,9,16H2,1-3H3/t11-/m0/s1. The minimum absolute atomic E-state index is 0.0401. The predicted octanol–water partition coefficient (Wildman–Crippen LogP) is 2.16. The van der Waals surface area contributed by atoms with Crippen molar-refractivity contribution in [2.75, 3.05) is 23.7 Å². The lowest BCUT2D eigenvalue weighted by atomic mass is 10.1. The lowest BCUT2D eigenvalue weighted by molar-refractivity contribution is 0.0560. The van der Waals surface area contributed by atoms with Crippen LogP contribution in [0.25, 0.3) is 0 Å². The number of anilines is 2. The van der Waals surface area contributed by atoms with Crippen molar-refractivity contribution in [1.29, 1.82) is 0 Å². The number of hydrogen-bond acceptors (Lipinski definition) is 5. The first-order valence-electron chi connectivity index (χ1n) is 7.31. The highest BCUT2D eigenvalue weighted by Gasteiger charge is 2.31. The first-order valence-corrected chi connectivity index (χ1v) is 7.31. The molecule has 6 nitrogen and oxygen atoms in total. The van der Waals surface area contributed by atoms with E-state index in [9.17, 15) is 4.79 Å². The molecule has 1 saturated heterocycles. The van der Waals surface area contributed by atoms with Crippen LogP contribution in [0.1, 0.15) is 33.6 Å². The zero-order valence-corrected chi connectivity index (χ0v) is 12.9. The molecule has 0 aromatic carbocycles. The van der Waals surface area contributed by atoms with Crippen molar-refractivity contribution < 1.29 is 9.53 Å². The van der Waals surface area contributed by atoms with Crippen LogP contribution in [0.3, 0.4) is 0 Å². The molecule has 2 heterocycles. The molecule has 0 radical (unpaired) electrons. The van der Waals surface area contributed by atoms with E-state index in [1.165, 1.54) is 0 Å². The average molecular weight is 292 g/mol. The fourth-order valence-electron chi connectivity index (χ4n) is 2.43. The number of carbonyl (C=O) groups excluding carboxylic acids is 1. The highest BCUT2D eigenvalue weighted by atomic mass is 16.6. The van der Waals surface area contributed by atoms with Crippen LogP contribution >= 0.6 is 0 Å². The Balaban J connectivity index is 2.30. The van der Waals surface area contributed by atoms with Gasteiger partial charge in [0, 0.05) is 12.7 Å². The summed E-state index contributed by atoms with van der Waals surface area (Å²) in [6.07, 6.45) is 4.78. The van der Waals surface area contributed by atoms with Gasteiger partial charge in [0.15, 0.2) is 0 Å². The maximum Gasteiger partial charge on any atom is 0.415 e. The molecule has 0 unspecified atom stereocenters. The van der Waals surface area contributed by atoms with Gasteiger partial charge in [-0.25, -0.2) is 4.79 Å². The number of rotatable bonds is 2. The van der Waals surface area contributed by atoms with Gasteiger partial charge < -0.3 is 15.8 Å². The number of carbonyl (C=O) groups is 1. The normalized spacial score (nSPS) is 19.1. The molecule has 0 saturated carbocycles. The molecule has 3 N–H and O–H groups in total. The summed E-state index contributed by atoms with van der Waals surface area (Å²) in [5.41, 5.74) is 6.60. The molecule has 0 spiro atoms. The van der Waals surface area contributed by atoms with Crippen LogP contribution in [0.2, 0.25) is 0 Å². The average Bonchev–Trinajstić information content (AvgIpc) is 2.40. The molecule has 0 aliphatic carbocycles. The number of amides is 1. The van der Waals surface area contributed by atoms with Crippen molar-refractivity contribution in [3.05, 3.63) is 18.5 Å². The third-order valence-electron chi connectivity index (χ3n) is 3.31. The maximum atomic E-state index is 12.6. The van der Waals surface area contributed by atoms with Crippen LogP contribution in [-0.4, -0.2) is 35.8 Å². The fraction of sp³-hybridized carbons (Fsp3) is 0.600. The van der Waals surface area contributed by atoms with Crippen molar-refractivity contribution in [2.45, 2.75) is 45.3 Å². The van der Waals surface area contributed by atoms with Gasteiger partial charge in [0.1, 0.15) is 5.60 Å². The van der Waals surface area contributed by atoms with E-state index in [0.29, 0.717) is 11.4 Å². The first kappa shape index (κ1) is 15.6. The summed E-state index contributed by atoms with van der Waals surface area (Å²) in [6.45, 7) is 7.29. The van der Waals surface area contributed by atoms with E-state index in [0.717, 1.165) is 25.9 Å². The molecule has 2 rings (SSSR count). The smallest absolute Gasteiger partial charge is 0.415 e. The minimum atomic E-state index is -0.542. The summed E-state index contributed by atoms with van der Waals surface area (Å²) in [7, 11) is 0. The van der Waals surface area contributed by atoms with E-state index < -0.39 is 5.60 Å². The number of nitrogens with two attached hydrogens (primary N) is 1. The number of pyridine rings is 1. The summed E-state index contributed by atoms with van der Waals surface area (Å²) in [5.74, 6) is 0. The molecule has 1 aliphatic rings. The van der Waals surface area contributed by atoms with Gasteiger partial charge in [0.05, 0.1) is 23.6 Å². The molecule has 1 aromatic heterocycles. The Kier molecular flexibility index (Phi) is 4.67. The number of hydrogen-bond donors (Lipinski definition) is 2. The Morgan fingerprint density at radius 1 is 1.52 bits per heavy atom. The Bertz CT molecular complexity index is 493. The second-order valence-electron chi connectivity index (χ2n) is 6.29. The zero-order valence-electron chi connectivity index (χ0n) is 12.9. The molecule has 1 atom stereocenters. The number of piperidine rings is 1. The number of nitrogens with zero attached hydrogens (tertiary/aromatic N) is 2. The molecule has 1 amide bonds. The van der Waals surface area contributed by atoms with Gasteiger partial charge in [-0.1, -0.05) is 0 Å². The van der Waals surface area contributed by atoms with Crippen LogP contribution in [0, 0.1) is 0 Å². The molecule has 1 aliphatic heterocycles. The number of ether oxygens (including phenoxy) is 1. The highest BCUT2D eigenvalue weighted by molar-refractivity contribution is 5.92. The Labute approximate surface area is 125 Å². The summed E-state index contributed by atoms with van der Waals surface area (Å²) in [6, 6.07) is 1.80. The first-order chi connectivity index (χ1) is 9.88. The quantitative estimate of drug-likeness (QED) is 0.873. The van der Waals surface area contributed by atoms with Gasteiger partial charge in [-0.05, 0) is 46.2 Å². The summed E-state index contributed by atoms with van der Waals surface area (Å²) >= 11 is 0. The van der Waals surface area contributed by atoms with Crippen molar-refractivity contribution >= 4 is 17.5 Å². The van der Waals surface area contributed by atoms with Gasteiger partial charge in [0.2, 0.25) is 0 Å². The summed E-state index contributed by atoms with van der Waals surface area (Å²) in [5, 5.41) is 3.32. The molecule has 1 fully saturated rings. The van der Waals surface area contributed by atoms with E-state index in [4.69, 9.17) is 10.5 Å². The predicted molar refractivity (Wildman–Crippen MR) is 83.3 cm³/mol. The molecular weight excluding hydrogens is 268 g/mol. The van der Waals surface area contributed by atoms with E-state index in [2.05, 4.69) is 10.3 Å². The van der Waals surface area contributed by atoms with E-state index in [-0.39, 0.29) is 12.1 Å². The molecule has 6 heteroatoms. The Morgan fingerprint density at radius 2 is 2.29 bits per heavy atom. The van der Waals surface area contributed by atoms with Gasteiger partial charge in [0.25, 0.3) is 0 Å². The SMILES string of the molecule is CC(C)(C)OC(=O)N(c1ccncc1N)[C@H]1CCCNC1. The topological polar surface area (TPSA) is 80.5 Å². The molecule has 1 aromatic rings. The summed E-state index contributed by atoms with van der Waals surface area (Å²) < 4.78 is 5.55. The van der Waals surface area contributed by atoms with Gasteiger partial charge in [-0.3, -0.25) is 9.88 Å². The maximum absolute atomic E-state index is 12.6. The second kappa shape index (κ2) is 6.30. The lowest BCUT2D eigenvalue weighted by Crippen LogP contribution is -2.50. The highest BCUT2D eigenvalue weighted by Crippen LogP contribution is 2.28. The number of aromatic nitrogens is 1. The minimum Gasteiger partial charge on any atom is -0.443 e. The van der Waals surface area contributed by atoms with Crippen molar-refractivity contribution in [2.24, 2.45) is 0 Å². The third kappa shape index (κ3) is 4.07. The molecule has 0 bridgehead atoms. The largest absolute Gasteiger partial charge is 0.443 e. The molecular formula is C15H24N4O2. The number of nitrogens with one attached hydrogen (secondary N) is 1. The lowest BCUT2D eigenvalue weighted by Gasteiger charge is -2.36. The van der Waals surface area contributed by atoms with Crippen LogP contribution in [0.5, 0.6) is 0 Å². The third-order valence-corrected chi connectivity index (χ3v) is 3.31. The zero-order chi connectivity index (χ0) is 15.5. The molecule has 116 valence electrons. The van der Waals surface area contributed by atoms with Crippen LogP contribution < -0.4 is 16.0 Å². The van der Waals surface area contributed by atoms with Crippen LogP contribution in [-0.2, 0) is 4.74 Å². The van der Waals surface area contributed by atoms with Gasteiger partial charge in [-0.2, -0.15) is 0 Å². The Hall–Kier alpha value is -1.82. The fourth-order valence-corrected chi connectivity index (χ4v) is 2.43.